The average Bonchev–Trinajstić information content (AvgIpc) is 3.52. The van der Waals surface area contributed by atoms with Gasteiger partial charge in [0.2, 0.25) is 0 Å². The van der Waals surface area contributed by atoms with Crippen LogP contribution in [0.2, 0.25) is 0 Å². The summed E-state index contributed by atoms with van der Waals surface area (Å²) in [6.45, 7) is 4.89. The van der Waals surface area contributed by atoms with E-state index in [0.717, 1.165) is 22.4 Å². The first-order chi connectivity index (χ1) is 15.3. The van der Waals surface area contributed by atoms with E-state index in [1.165, 1.54) is 0 Å². The van der Waals surface area contributed by atoms with E-state index in [1.54, 1.807) is 6.08 Å². The van der Waals surface area contributed by atoms with Gasteiger partial charge in [0.1, 0.15) is 25.0 Å². The molecular formula is C27H25NO3. The summed E-state index contributed by atoms with van der Waals surface area (Å²) in [5.74, 6) is 0.543. The quantitative estimate of drug-likeness (QED) is 0.280. The predicted molar refractivity (Wildman–Crippen MR) is 120 cm³/mol. The number of rotatable bonds is 9. The summed E-state index contributed by atoms with van der Waals surface area (Å²) in [5.41, 5.74) is 5.83. The van der Waals surface area contributed by atoms with E-state index in [1.807, 2.05) is 72.8 Å². The van der Waals surface area contributed by atoms with Crippen LogP contribution in [0.4, 0.5) is 0 Å². The molecule has 31 heavy (non-hydrogen) atoms. The van der Waals surface area contributed by atoms with E-state index in [-0.39, 0.29) is 24.7 Å². The molecule has 4 rings (SSSR count). The highest BCUT2D eigenvalue weighted by molar-refractivity contribution is 5.81. The minimum Gasteiger partial charge on any atom is -0.489 e. The highest BCUT2D eigenvalue weighted by Crippen LogP contribution is 2.48. The second-order valence-electron chi connectivity index (χ2n) is 7.40. The van der Waals surface area contributed by atoms with Crippen LogP contribution in [-0.4, -0.2) is 23.5 Å². The Hall–Kier alpha value is -3.59. The van der Waals surface area contributed by atoms with Crippen molar-refractivity contribution >= 4 is 5.97 Å². The summed E-state index contributed by atoms with van der Waals surface area (Å²) in [4.78, 5) is 15.2. The van der Waals surface area contributed by atoms with Crippen molar-refractivity contribution in [3.8, 4) is 5.75 Å². The summed E-state index contributed by atoms with van der Waals surface area (Å²) in [6.07, 6.45) is 1.73. The van der Waals surface area contributed by atoms with E-state index in [4.69, 9.17) is 9.47 Å². The minimum atomic E-state index is -0.344. The summed E-state index contributed by atoms with van der Waals surface area (Å²) in [5, 5.41) is 0. The molecule has 0 amide bonds. The Kier molecular flexibility index (Phi) is 6.63. The number of carbonyl (C=O) groups is 1. The van der Waals surface area contributed by atoms with Gasteiger partial charge >= 0.3 is 5.97 Å². The third-order valence-electron chi connectivity index (χ3n) is 5.30. The second kappa shape index (κ2) is 9.94. The Balaban J connectivity index is 1.53. The molecule has 0 bridgehead atoms. The van der Waals surface area contributed by atoms with Crippen LogP contribution >= 0.6 is 0 Å². The first-order valence-corrected chi connectivity index (χ1v) is 10.3. The molecule has 0 spiro atoms. The van der Waals surface area contributed by atoms with Gasteiger partial charge in [0.25, 0.3) is 0 Å². The zero-order valence-corrected chi connectivity index (χ0v) is 17.3. The number of ether oxygens (including phenoxy) is 2. The normalized spacial score (nSPS) is 19.2. The van der Waals surface area contributed by atoms with Crippen LogP contribution in [0.3, 0.4) is 0 Å². The van der Waals surface area contributed by atoms with Crippen molar-refractivity contribution in [3.63, 3.8) is 0 Å². The number of hydrogen-bond donors (Lipinski definition) is 0. The highest BCUT2D eigenvalue weighted by atomic mass is 16.5. The van der Waals surface area contributed by atoms with Gasteiger partial charge < -0.3 is 9.47 Å². The molecule has 4 nitrogen and oxygen atoms in total. The fraction of sp³-hybridized carbons (Fsp3) is 0.185. The summed E-state index contributed by atoms with van der Waals surface area (Å²) in [7, 11) is 0. The fourth-order valence-corrected chi connectivity index (χ4v) is 3.74. The third-order valence-corrected chi connectivity index (χ3v) is 5.30. The Labute approximate surface area is 183 Å². The molecule has 0 aromatic heterocycles. The molecule has 156 valence electrons. The van der Waals surface area contributed by atoms with E-state index >= 15 is 0 Å². The largest absolute Gasteiger partial charge is 0.489 e. The van der Waals surface area contributed by atoms with Crippen molar-refractivity contribution in [2.24, 2.45) is 0 Å². The van der Waals surface area contributed by atoms with Crippen molar-refractivity contribution in [2.75, 3.05) is 6.61 Å². The lowest BCUT2D eigenvalue weighted by Gasteiger charge is -2.10. The van der Waals surface area contributed by atoms with E-state index < -0.39 is 0 Å². The average molecular weight is 412 g/mol. The van der Waals surface area contributed by atoms with Crippen LogP contribution in [0.1, 0.15) is 22.7 Å². The number of carbonyl (C=O) groups excluding carboxylic acids is 1. The zero-order valence-electron chi connectivity index (χ0n) is 17.3. The summed E-state index contributed by atoms with van der Waals surface area (Å²) in [6, 6.07) is 27.3. The van der Waals surface area contributed by atoms with Crippen molar-refractivity contribution < 1.29 is 14.3 Å². The molecule has 1 unspecified atom stereocenters. The molecule has 3 aromatic carbocycles. The molecule has 3 atom stereocenters. The van der Waals surface area contributed by atoms with Gasteiger partial charge in [0, 0.05) is 12.1 Å². The Morgan fingerprint density at radius 2 is 1.58 bits per heavy atom. The van der Waals surface area contributed by atoms with Crippen molar-refractivity contribution in [1.29, 1.82) is 0 Å². The number of benzene rings is 3. The number of esters is 1. The van der Waals surface area contributed by atoms with Gasteiger partial charge in [-0.1, -0.05) is 85.4 Å². The maximum absolute atomic E-state index is 13.0. The maximum Gasteiger partial charge on any atom is 0.325 e. The molecule has 1 fully saturated rings. The van der Waals surface area contributed by atoms with E-state index in [9.17, 15) is 4.79 Å². The Bertz CT molecular complexity index is 1060. The lowest BCUT2D eigenvalue weighted by Crippen LogP contribution is -2.16. The van der Waals surface area contributed by atoms with Crippen LogP contribution in [0.15, 0.2) is 103 Å². The first-order valence-electron chi connectivity index (χ1n) is 10.3. The van der Waals surface area contributed by atoms with E-state index in [0.29, 0.717) is 13.2 Å². The van der Waals surface area contributed by atoms with Crippen molar-refractivity contribution in [2.45, 2.75) is 25.2 Å². The van der Waals surface area contributed by atoms with E-state index in [2.05, 4.69) is 29.3 Å². The van der Waals surface area contributed by atoms with Crippen LogP contribution in [-0.2, 0) is 22.7 Å². The van der Waals surface area contributed by atoms with Gasteiger partial charge in [0.05, 0.1) is 6.04 Å². The molecular weight excluding hydrogens is 386 g/mol. The summed E-state index contributed by atoms with van der Waals surface area (Å²) >= 11 is 0. The first kappa shape index (κ1) is 20.7. The molecule has 0 saturated carbocycles. The number of nitrogens with zero attached hydrogens (tertiary/aromatic N) is 1. The molecule has 0 aliphatic carbocycles. The number of para-hydroxylation sites is 1. The monoisotopic (exact) mass is 411 g/mol. The lowest BCUT2D eigenvalue weighted by molar-refractivity contribution is -0.145. The van der Waals surface area contributed by atoms with Gasteiger partial charge in [-0.25, -0.2) is 0 Å². The number of hydrogen-bond acceptors (Lipinski definition) is 4. The molecule has 1 aliphatic rings. The van der Waals surface area contributed by atoms with Crippen LogP contribution in [0.5, 0.6) is 5.75 Å². The Morgan fingerprint density at radius 1 is 0.935 bits per heavy atom. The fourth-order valence-electron chi connectivity index (χ4n) is 3.74. The molecule has 4 heteroatoms. The Morgan fingerprint density at radius 3 is 2.29 bits per heavy atom. The van der Waals surface area contributed by atoms with Gasteiger partial charge in [-0.2, -0.15) is 0 Å². The smallest absolute Gasteiger partial charge is 0.325 e. The second-order valence-corrected chi connectivity index (χ2v) is 7.40. The molecule has 1 aliphatic heterocycles. The lowest BCUT2D eigenvalue weighted by atomic mass is 10.1. The zero-order chi connectivity index (χ0) is 21.5. The van der Waals surface area contributed by atoms with Crippen LogP contribution in [0.25, 0.3) is 0 Å². The molecule has 3 aromatic rings. The summed E-state index contributed by atoms with van der Waals surface area (Å²) < 4.78 is 11.6. The van der Waals surface area contributed by atoms with Gasteiger partial charge in [0.15, 0.2) is 0 Å². The van der Waals surface area contributed by atoms with Gasteiger partial charge in [-0.05, 0) is 23.3 Å². The SMILES string of the molecule is C=C=CCOc1ccccc1[C@@H]1[C@H](C(=O)OCc2ccccc2)N1Cc1ccccc1. The predicted octanol–water partition coefficient (Wildman–Crippen LogP) is 5.08. The standard InChI is InChI=1S/C27H25NO3/c1-2-3-18-30-24-17-11-10-16-23(24)25-26(28(25)19-21-12-6-4-7-13-21)27(29)31-20-22-14-8-5-9-15-22/h3-17,25-26H,1,18-20H2/t25-,26-,28?/m1/s1. The van der Waals surface area contributed by atoms with Gasteiger partial charge in [-0.15, -0.1) is 5.73 Å². The van der Waals surface area contributed by atoms with Gasteiger partial charge in [-0.3, -0.25) is 9.69 Å². The molecule has 1 saturated heterocycles. The van der Waals surface area contributed by atoms with Crippen LogP contribution in [0, 0.1) is 0 Å². The van der Waals surface area contributed by atoms with Crippen molar-refractivity contribution in [3.05, 3.63) is 120 Å². The minimum absolute atomic E-state index is 0.0904. The highest BCUT2D eigenvalue weighted by Gasteiger charge is 2.55. The molecule has 0 N–H and O–H groups in total. The van der Waals surface area contributed by atoms with Crippen molar-refractivity contribution in [1.82, 2.24) is 4.90 Å². The topological polar surface area (TPSA) is 38.5 Å². The molecule has 1 heterocycles. The third kappa shape index (κ3) is 5.13. The van der Waals surface area contributed by atoms with Crippen LogP contribution < -0.4 is 4.74 Å². The maximum atomic E-state index is 13.0. The molecule has 0 radical (unpaired) electrons.